The first kappa shape index (κ1) is 28.5. The third-order valence-electron chi connectivity index (χ3n) is 6.06. The number of hydrogen-bond acceptors (Lipinski definition) is 7. The number of nitrogens with one attached hydrogen (secondary N) is 1. The molecule has 1 unspecified atom stereocenters. The second-order valence-electron chi connectivity index (χ2n) is 9.40. The molecule has 1 saturated heterocycles. The number of ether oxygens (including phenoxy) is 2. The number of urea groups is 1. The largest absolute Gasteiger partial charge is 0.489 e. The molecule has 37 heavy (non-hydrogen) atoms. The minimum atomic E-state index is -3.00. The van der Waals surface area contributed by atoms with Gasteiger partial charge >= 0.3 is 12.6 Å². The minimum absolute atomic E-state index is 0. The van der Waals surface area contributed by atoms with Gasteiger partial charge in [0.2, 0.25) is 5.89 Å². The van der Waals surface area contributed by atoms with Gasteiger partial charge in [0.05, 0.1) is 12.6 Å². The van der Waals surface area contributed by atoms with Crippen molar-refractivity contribution in [3.05, 3.63) is 29.7 Å². The molecule has 13 heteroatoms. The third-order valence-corrected chi connectivity index (χ3v) is 6.06. The Morgan fingerprint density at radius 3 is 2.62 bits per heavy atom. The number of likely N-dealkylation sites (tertiary alicyclic amines) is 1. The van der Waals surface area contributed by atoms with E-state index in [2.05, 4.69) is 15.0 Å². The molecule has 1 aromatic heterocycles. The van der Waals surface area contributed by atoms with Crippen LogP contribution in [0.15, 0.2) is 22.6 Å². The highest BCUT2D eigenvalue weighted by Gasteiger charge is 2.33. The summed E-state index contributed by atoms with van der Waals surface area (Å²) in [6.07, 6.45) is 2.67. The number of oxazole rings is 1. The molecule has 204 valence electrons. The molecule has 10 nitrogen and oxygen atoms in total. The maximum absolute atomic E-state index is 13.3. The molecular formula is C24H32ClF2N5O5. The van der Waals surface area contributed by atoms with Crippen molar-refractivity contribution in [2.75, 3.05) is 33.8 Å². The molecule has 3 amide bonds. The molecule has 0 bridgehead atoms. The number of nitrogens with zero attached hydrogens (tertiary/aromatic N) is 3. The van der Waals surface area contributed by atoms with Crippen molar-refractivity contribution in [1.82, 2.24) is 20.1 Å². The Labute approximate surface area is 219 Å². The lowest BCUT2D eigenvalue weighted by molar-refractivity contribution is -0.0515. The van der Waals surface area contributed by atoms with E-state index in [1.807, 2.05) is 0 Å². The highest BCUT2D eigenvalue weighted by molar-refractivity contribution is 5.94. The topological polar surface area (TPSA) is 123 Å². The van der Waals surface area contributed by atoms with Crippen LogP contribution in [0.25, 0.3) is 11.5 Å². The van der Waals surface area contributed by atoms with Crippen LogP contribution in [0.1, 0.15) is 48.5 Å². The Hall–Kier alpha value is -3.12. The van der Waals surface area contributed by atoms with Crippen LogP contribution in [-0.2, 0) is 0 Å². The number of aromatic nitrogens is 1. The average Bonchev–Trinajstić information content (AvgIpc) is 3.35. The summed E-state index contributed by atoms with van der Waals surface area (Å²) in [7, 11) is 3.29. The maximum atomic E-state index is 13.3. The van der Waals surface area contributed by atoms with Crippen molar-refractivity contribution in [2.45, 2.75) is 44.9 Å². The molecule has 4 rings (SSSR count). The zero-order valence-electron chi connectivity index (χ0n) is 20.9. The van der Waals surface area contributed by atoms with E-state index in [-0.39, 0.29) is 59.2 Å². The van der Waals surface area contributed by atoms with Gasteiger partial charge in [0.1, 0.15) is 0 Å². The summed E-state index contributed by atoms with van der Waals surface area (Å²) in [5.74, 6) is 0.420. The SMILES string of the molecule is CC(N)c1oc(-c2ccc(OC(F)F)c(OCC3CC3)c2)nc1C(=O)N1CC[C@H](NC(=O)N(C)C)C1.Cl. The molecule has 1 aliphatic carbocycles. The van der Waals surface area contributed by atoms with Crippen LogP contribution in [0, 0.1) is 5.92 Å². The fraction of sp³-hybridized carbons (Fsp3) is 0.542. The number of nitrogens with two attached hydrogens (primary N) is 1. The zero-order chi connectivity index (χ0) is 26.0. The van der Waals surface area contributed by atoms with E-state index in [4.69, 9.17) is 14.9 Å². The molecule has 2 atom stereocenters. The molecule has 2 heterocycles. The molecule has 2 fully saturated rings. The van der Waals surface area contributed by atoms with Crippen LogP contribution in [0.5, 0.6) is 11.5 Å². The summed E-state index contributed by atoms with van der Waals surface area (Å²) in [4.78, 5) is 32.7. The van der Waals surface area contributed by atoms with E-state index in [1.54, 1.807) is 25.9 Å². The zero-order valence-corrected chi connectivity index (χ0v) is 21.7. The van der Waals surface area contributed by atoms with Crippen molar-refractivity contribution >= 4 is 24.3 Å². The predicted octanol–water partition coefficient (Wildman–Crippen LogP) is 3.66. The summed E-state index contributed by atoms with van der Waals surface area (Å²) >= 11 is 0. The van der Waals surface area contributed by atoms with Gasteiger partial charge in [0.15, 0.2) is 23.0 Å². The summed E-state index contributed by atoms with van der Waals surface area (Å²) in [5.41, 5.74) is 6.58. The first-order valence-corrected chi connectivity index (χ1v) is 11.9. The van der Waals surface area contributed by atoms with Crippen LogP contribution in [0.3, 0.4) is 0 Å². The quantitative estimate of drug-likeness (QED) is 0.495. The Balaban J connectivity index is 0.00000380. The molecule has 2 aliphatic rings. The standard InChI is InChI=1S/C24H31F2N5O5.ClH/c1-13(27)20-19(22(32)31-9-8-16(11-31)28-24(33)30(2)3)29-21(36-20)15-6-7-17(35-23(25)26)18(10-15)34-12-14-4-5-14;/h6-7,10,13-14,16,23H,4-5,8-9,11-12,27H2,1-3H3,(H,28,33);1H/t13?,16-;/m0./s1. The number of carbonyl (C=O) groups is 2. The summed E-state index contributed by atoms with van der Waals surface area (Å²) < 4.78 is 41.9. The van der Waals surface area contributed by atoms with Gasteiger partial charge in [-0.15, -0.1) is 12.4 Å². The maximum Gasteiger partial charge on any atom is 0.387 e. The van der Waals surface area contributed by atoms with Crippen molar-refractivity contribution in [1.29, 1.82) is 0 Å². The van der Waals surface area contributed by atoms with Gasteiger partial charge in [-0.1, -0.05) is 0 Å². The molecule has 2 aromatic rings. The fourth-order valence-corrected chi connectivity index (χ4v) is 3.87. The van der Waals surface area contributed by atoms with Gasteiger partial charge in [0, 0.05) is 38.8 Å². The Kier molecular flexibility index (Phi) is 9.19. The first-order valence-electron chi connectivity index (χ1n) is 11.9. The van der Waals surface area contributed by atoms with Crippen LogP contribution in [0.4, 0.5) is 13.6 Å². The van der Waals surface area contributed by atoms with Crippen molar-refractivity contribution in [3.8, 4) is 23.0 Å². The summed E-state index contributed by atoms with van der Waals surface area (Å²) in [6, 6.07) is 3.35. The number of alkyl halides is 2. The second kappa shape index (κ2) is 12.0. The second-order valence-corrected chi connectivity index (χ2v) is 9.40. The Bertz CT molecular complexity index is 1110. The minimum Gasteiger partial charge on any atom is -0.489 e. The molecule has 0 spiro atoms. The van der Waals surface area contributed by atoms with Crippen molar-refractivity contribution in [2.24, 2.45) is 11.7 Å². The molecule has 1 saturated carbocycles. The van der Waals surface area contributed by atoms with Gasteiger partial charge in [-0.25, -0.2) is 9.78 Å². The molecule has 3 N–H and O–H groups in total. The van der Waals surface area contributed by atoms with Gasteiger partial charge in [0.25, 0.3) is 5.91 Å². The first-order chi connectivity index (χ1) is 17.1. The number of halogens is 3. The van der Waals surface area contributed by atoms with Gasteiger partial charge in [-0.2, -0.15) is 8.78 Å². The van der Waals surface area contributed by atoms with E-state index in [0.717, 1.165) is 12.8 Å². The monoisotopic (exact) mass is 543 g/mol. The fourth-order valence-electron chi connectivity index (χ4n) is 3.87. The van der Waals surface area contributed by atoms with Crippen molar-refractivity contribution < 1.29 is 32.3 Å². The molecular weight excluding hydrogens is 512 g/mol. The highest BCUT2D eigenvalue weighted by Crippen LogP contribution is 2.37. The van der Waals surface area contributed by atoms with E-state index < -0.39 is 12.7 Å². The molecule has 1 aromatic carbocycles. The van der Waals surface area contributed by atoms with Gasteiger partial charge in [-0.3, -0.25) is 4.79 Å². The lowest BCUT2D eigenvalue weighted by Gasteiger charge is -2.18. The number of hydrogen-bond donors (Lipinski definition) is 2. The van der Waals surface area contributed by atoms with Gasteiger partial charge in [-0.05, 0) is 50.3 Å². The smallest absolute Gasteiger partial charge is 0.387 e. The van der Waals surface area contributed by atoms with Crippen molar-refractivity contribution in [3.63, 3.8) is 0 Å². The van der Waals surface area contributed by atoms with E-state index in [9.17, 15) is 18.4 Å². The Morgan fingerprint density at radius 1 is 1.27 bits per heavy atom. The lowest BCUT2D eigenvalue weighted by Crippen LogP contribution is -2.43. The third kappa shape index (κ3) is 7.01. The van der Waals surface area contributed by atoms with Crippen LogP contribution in [-0.4, -0.2) is 73.2 Å². The predicted molar refractivity (Wildman–Crippen MR) is 133 cm³/mol. The van der Waals surface area contributed by atoms with E-state index in [0.29, 0.717) is 37.6 Å². The number of benzene rings is 1. The molecule has 1 aliphatic heterocycles. The van der Waals surface area contributed by atoms with E-state index >= 15 is 0 Å². The number of amides is 3. The lowest BCUT2D eigenvalue weighted by atomic mass is 10.2. The normalized spacial score (nSPS) is 17.8. The molecule has 0 radical (unpaired) electrons. The summed E-state index contributed by atoms with van der Waals surface area (Å²) in [6.45, 7) is -0.158. The van der Waals surface area contributed by atoms with Crippen LogP contribution >= 0.6 is 12.4 Å². The van der Waals surface area contributed by atoms with E-state index in [1.165, 1.54) is 23.1 Å². The highest BCUT2D eigenvalue weighted by atomic mass is 35.5. The van der Waals surface area contributed by atoms with Crippen LogP contribution < -0.4 is 20.5 Å². The van der Waals surface area contributed by atoms with Crippen LogP contribution in [0.2, 0.25) is 0 Å². The average molecular weight is 544 g/mol. The Morgan fingerprint density at radius 2 is 2.00 bits per heavy atom. The number of rotatable bonds is 9. The number of carbonyl (C=O) groups excluding carboxylic acids is 2. The summed E-state index contributed by atoms with van der Waals surface area (Å²) in [5, 5.41) is 2.88. The van der Waals surface area contributed by atoms with Gasteiger partial charge < -0.3 is 34.7 Å².